The van der Waals surface area contributed by atoms with Crippen molar-refractivity contribution in [3.05, 3.63) is 33.9 Å². The molecule has 0 saturated heterocycles. The van der Waals surface area contributed by atoms with E-state index < -0.39 is 4.92 Å². The van der Waals surface area contributed by atoms with Crippen LogP contribution in [0.1, 0.15) is 24.8 Å². The van der Waals surface area contributed by atoms with Crippen LogP contribution in [0.3, 0.4) is 0 Å². The first-order chi connectivity index (χ1) is 8.61. The van der Waals surface area contributed by atoms with Crippen molar-refractivity contribution < 1.29 is 9.66 Å². The largest absolute Gasteiger partial charge is 0.489 e. The van der Waals surface area contributed by atoms with Crippen molar-refractivity contribution in [2.75, 3.05) is 0 Å². The molecule has 0 amide bonds. The zero-order valence-electron chi connectivity index (χ0n) is 10.1. The lowest BCUT2D eigenvalue weighted by atomic mass is 10.1. The molecule has 2 atom stereocenters. The Morgan fingerprint density at radius 3 is 2.89 bits per heavy atom. The van der Waals surface area contributed by atoms with E-state index in [1.165, 1.54) is 6.07 Å². The van der Waals surface area contributed by atoms with Gasteiger partial charge in [0.25, 0.3) is 5.69 Å². The molecule has 0 spiro atoms. The van der Waals surface area contributed by atoms with E-state index >= 15 is 0 Å². The second kappa shape index (κ2) is 5.05. The van der Waals surface area contributed by atoms with Crippen LogP contribution < -0.4 is 4.74 Å². The summed E-state index contributed by atoms with van der Waals surface area (Å²) in [6.45, 7) is 1.68. The minimum Gasteiger partial charge on any atom is -0.489 e. The predicted molar refractivity (Wildman–Crippen MR) is 65.2 cm³/mol. The minimum absolute atomic E-state index is 0.0690. The van der Waals surface area contributed by atoms with Gasteiger partial charge < -0.3 is 4.74 Å². The molecule has 1 aliphatic rings. The first-order valence-electron chi connectivity index (χ1n) is 5.93. The maximum Gasteiger partial charge on any atom is 0.272 e. The van der Waals surface area contributed by atoms with Gasteiger partial charge in [0.15, 0.2) is 0 Å². The number of benzene rings is 1. The van der Waals surface area contributed by atoms with Gasteiger partial charge in [-0.3, -0.25) is 10.1 Å². The molecule has 1 aromatic rings. The van der Waals surface area contributed by atoms with E-state index in [0.717, 1.165) is 19.3 Å². The molecule has 1 saturated carbocycles. The summed E-state index contributed by atoms with van der Waals surface area (Å²) in [5, 5.41) is 19.7. The molecule has 5 heteroatoms. The van der Waals surface area contributed by atoms with Crippen LogP contribution in [0.2, 0.25) is 0 Å². The van der Waals surface area contributed by atoms with E-state index in [-0.39, 0.29) is 17.7 Å². The highest BCUT2D eigenvalue weighted by Gasteiger charge is 2.29. The zero-order valence-corrected chi connectivity index (χ0v) is 10.1. The van der Waals surface area contributed by atoms with Crippen molar-refractivity contribution in [2.45, 2.75) is 32.3 Å². The summed E-state index contributed by atoms with van der Waals surface area (Å²) in [5.74, 6) is 0.533. The maximum atomic E-state index is 10.7. The number of nitro benzene ring substituents is 1. The van der Waals surface area contributed by atoms with E-state index in [2.05, 4.69) is 6.07 Å². The number of nitrogens with zero attached hydrogens (tertiary/aromatic N) is 2. The molecule has 1 aromatic carbocycles. The number of rotatable bonds is 3. The smallest absolute Gasteiger partial charge is 0.272 e. The first-order valence-corrected chi connectivity index (χ1v) is 5.93. The molecule has 2 rings (SSSR count). The van der Waals surface area contributed by atoms with Crippen molar-refractivity contribution in [3.8, 4) is 11.8 Å². The van der Waals surface area contributed by atoms with E-state index in [9.17, 15) is 10.1 Å². The Hall–Kier alpha value is -2.09. The second-order valence-corrected chi connectivity index (χ2v) is 4.53. The molecule has 1 fully saturated rings. The van der Waals surface area contributed by atoms with Gasteiger partial charge in [0.1, 0.15) is 11.9 Å². The Balaban J connectivity index is 2.13. The van der Waals surface area contributed by atoms with Crippen molar-refractivity contribution in [1.82, 2.24) is 0 Å². The lowest BCUT2D eigenvalue weighted by molar-refractivity contribution is -0.385. The molecule has 0 aliphatic heterocycles. The average Bonchev–Trinajstić information content (AvgIpc) is 2.76. The summed E-state index contributed by atoms with van der Waals surface area (Å²) in [4.78, 5) is 10.3. The fourth-order valence-electron chi connectivity index (χ4n) is 2.30. The third-order valence-electron chi connectivity index (χ3n) is 3.27. The monoisotopic (exact) mass is 246 g/mol. The molecule has 0 bridgehead atoms. The topological polar surface area (TPSA) is 76.2 Å². The Labute approximate surface area is 105 Å². The third kappa shape index (κ3) is 2.43. The van der Waals surface area contributed by atoms with Gasteiger partial charge in [-0.05, 0) is 38.3 Å². The summed E-state index contributed by atoms with van der Waals surface area (Å²) in [6, 6.07) is 6.94. The standard InChI is InChI=1S/C13H14N2O3/c1-9-7-11(5-6-12(9)15(16)17)18-13-4-2-3-10(13)8-14/h5-7,10,13H,2-4H2,1H3. The van der Waals surface area contributed by atoms with Crippen LogP contribution >= 0.6 is 0 Å². The number of ether oxygens (including phenoxy) is 1. The van der Waals surface area contributed by atoms with Gasteiger partial charge in [-0.15, -0.1) is 0 Å². The zero-order chi connectivity index (χ0) is 13.1. The lowest BCUT2D eigenvalue weighted by Crippen LogP contribution is -2.20. The molecule has 1 aliphatic carbocycles. The molecular formula is C13H14N2O3. The number of aryl methyl sites for hydroxylation is 1. The first kappa shape index (κ1) is 12.4. The number of nitriles is 1. The number of nitro groups is 1. The Bertz CT molecular complexity index is 507. The average molecular weight is 246 g/mol. The number of hydrogen-bond donors (Lipinski definition) is 0. The highest BCUT2D eigenvalue weighted by Crippen LogP contribution is 2.31. The predicted octanol–water partition coefficient (Wildman–Crippen LogP) is 2.97. The Kier molecular flexibility index (Phi) is 3.47. The van der Waals surface area contributed by atoms with Crippen LogP contribution in [-0.4, -0.2) is 11.0 Å². The summed E-state index contributed by atoms with van der Waals surface area (Å²) in [7, 11) is 0. The van der Waals surface area contributed by atoms with Gasteiger partial charge in [0.2, 0.25) is 0 Å². The second-order valence-electron chi connectivity index (χ2n) is 4.53. The summed E-state index contributed by atoms with van der Waals surface area (Å²) < 4.78 is 5.75. The normalized spacial score (nSPS) is 22.4. The van der Waals surface area contributed by atoms with Crippen LogP contribution in [-0.2, 0) is 0 Å². The molecule has 0 aromatic heterocycles. The van der Waals surface area contributed by atoms with Crippen LogP contribution in [0.4, 0.5) is 5.69 Å². The molecule has 0 N–H and O–H groups in total. The molecule has 5 nitrogen and oxygen atoms in total. The maximum absolute atomic E-state index is 10.7. The van der Waals surface area contributed by atoms with Crippen molar-refractivity contribution >= 4 is 5.69 Å². The van der Waals surface area contributed by atoms with Gasteiger partial charge in [-0.25, -0.2) is 0 Å². The Morgan fingerprint density at radius 2 is 2.28 bits per heavy atom. The summed E-state index contributed by atoms with van der Waals surface area (Å²) in [6.07, 6.45) is 2.65. The summed E-state index contributed by atoms with van der Waals surface area (Å²) in [5.41, 5.74) is 0.662. The highest BCUT2D eigenvalue weighted by molar-refractivity contribution is 5.44. The lowest BCUT2D eigenvalue weighted by Gasteiger charge is -2.16. The quantitative estimate of drug-likeness (QED) is 0.606. The SMILES string of the molecule is Cc1cc(OC2CCCC2C#N)ccc1[N+](=O)[O-]. The van der Waals surface area contributed by atoms with Gasteiger partial charge >= 0.3 is 0 Å². The van der Waals surface area contributed by atoms with Gasteiger partial charge in [-0.2, -0.15) is 5.26 Å². The highest BCUT2D eigenvalue weighted by atomic mass is 16.6. The van der Waals surface area contributed by atoms with E-state index in [1.807, 2.05) is 0 Å². The van der Waals surface area contributed by atoms with E-state index in [0.29, 0.717) is 11.3 Å². The molecule has 18 heavy (non-hydrogen) atoms. The van der Waals surface area contributed by atoms with Crippen LogP contribution in [0.5, 0.6) is 5.75 Å². The van der Waals surface area contributed by atoms with E-state index in [4.69, 9.17) is 10.00 Å². The fraction of sp³-hybridized carbons (Fsp3) is 0.462. The van der Waals surface area contributed by atoms with Gasteiger partial charge in [-0.1, -0.05) is 0 Å². The molecule has 2 unspecified atom stereocenters. The summed E-state index contributed by atoms with van der Waals surface area (Å²) >= 11 is 0. The molecule has 94 valence electrons. The molecule has 0 heterocycles. The van der Waals surface area contributed by atoms with Crippen molar-refractivity contribution in [1.29, 1.82) is 5.26 Å². The van der Waals surface area contributed by atoms with Crippen LogP contribution in [0, 0.1) is 34.3 Å². The van der Waals surface area contributed by atoms with Crippen molar-refractivity contribution in [3.63, 3.8) is 0 Å². The molecule has 0 radical (unpaired) electrons. The third-order valence-corrected chi connectivity index (χ3v) is 3.27. The fourth-order valence-corrected chi connectivity index (χ4v) is 2.30. The van der Waals surface area contributed by atoms with Gasteiger partial charge in [0, 0.05) is 11.6 Å². The minimum atomic E-state index is -0.410. The van der Waals surface area contributed by atoms with Crippen LogP contribution in [0.25, 0.3) is 0 Å². The van der Waals surface area contributed by atoms with Crippen LogP contribution in [0.15, 0.2) is 18.2 Å². The van der Waals surface area contributed by atoms with Crippen molar-refractivity contribution in [2.24, 2.45) is 5.92 Å². The molecular weight excluding hydrogens is 232 g/mol. The Morgan fingerprint density at radius 1 is 1.50 bits per heavy atom. The number of hydrogen-bond acceptors (Lipinski definition) is 4. The van der Waals surface area contributed by atoms with Gasteiger partial charge in [0.05, 0.1) is 16.9 Å². The van der Waals surface area contributed by atoms with E-state index in [1.54, 1.807) is 19.1 Å².